The largest absolute Gasteiger partial charge is 0.488 e. The number of anilines is 3. The van der Waals surface area contributed by atoms with E-state index in [1.165, 1.54) is 6.33 Å². The molecule has 0 bridgehead atoms. The zero-order valence-corrected chi connectivity index (χ0v) is 14.3. The molecule has 11 nitrogen and oxygen atoms in total. The Kier molecular flexibility index (Phi) is 4.23. The van der Waals surface area contributed by atoms with Crippen molar-refractivity contribution in [2.24, 2.45) is 4.99 Å². The minimum atomic E-state index is -3.48. The van der Waals surface area contributed by atoms with Crippen molar-refractivity contribution in [2.45, 2.75) is 30.8 Å². The van der Waals surface area contributed by atoms with E-state index < -0.39 is 38.7 Å². The lowest BCUT2D eigenvalue weighted by Gasteiger charge is -2.30. The van der Waals surface area contributed by atoms with Crippen LogP contribution in [-0.4, -0.2) is 70.8 Å². The van der Waals surface area contributed by atoms with Crippen molar-refractivity contribution in [3.05, 3.63) is 18.6 Å². The van der Waals surface area contributed by atoms with Gasteiger partial charge in [-0.15, -0.1) is 0 Å². The molecule has 6 atom stereocenters. The summed E-state index contributed by atoms with van der Waals surface area (Å²) in [6.45, 7) is 3.40. The fraction of sp³-hybridized carbons (Fsp3) is 0.462. The van der Waals surface area contributed by atoms with Crippen LogP contribution in [0.1, 0.15) is 0 Å². The van der Waals surface area contributed by atoms with Gasteiger partial charge in [0.05, 0.1) is 0 Å². The zero-order valence-electron chi connectivity index (χ0n) is 13.4. The first-order chi connectivity index (χ1) is 12.4. The molecule has 0 amide bonds. The Labute approximate surface area is 150 Å². The van der Waals surface area contributed by atoms with Gasteiger partial charge in [0.15, 0.2) is 24.0 Å². The van der Waals surface area contributed by atoms with Gasteiger partial charge < -0.3 is 20.9 Å². The standard InChI is InChI=1S/C13H15BN6O5P/c1-2-3-16-13-19-7-10(15)17-5-18-11(7)20(13)12-8(21)9-6(24-12)4-23-26(14,22)25-9/h5-6,8-9,12-13,19,21-22H,1,4H2,(H2,15,17,18)/q+1/t6?,8?,9-,12?,13?,26?/m1/s1. The maximum atomic E-state index is 10.7. The van der Waals surface area contributed by atoms with E-state index in [-0.39, 0.29) is 12.4 Å². The SMILES string of the molecule is [B][P+]1(O)OCC2OC(N3c4ncnc(N)c4NC3N=C=C=C)C(O)[C@@H]2O1. The Balaban J connectivity index is 1.70. The average Bonchev–Trinajstić information content (AvgIpc) is 3.11. The second kappa shape index (κ2) is 6.31. The molecular weight excluding hydrogens is 362 g/mol. The van der Waals surface area contributed by atoms with Gasteiger partial charge >= 0.3 is 15.4 Å². The third-order valence-electron chi connectivity index (χ3n) is 4.18. The van der Waals surface area contributed by atoms with Crippen LogP contribution in [-0.2, 0) is 13.8 Å². The molecule has 1 aromatic heterocycles. The number of nitrogens with zero attached hydrogens (tertiary/aromatic N) is 4. The van der Waals surface area contributed by atoms with E-state index in [2.05, 4.69) is 38.5 Å². The molecule has 13 heteroatoms. The molecule has 5 unspecified atom stereocenters. The second-order valence-electron chi connectivity index (χ2n) is 5.79. The molecule has 0 aromatic carbocycles. The summed E-state index contributed by atoms with van der Waals surface area (Å²) in [7, 11) is 2.05. The summed E-state index contributed by atoms with van der Waals surface area (Å²) < 4.78 is 16.2. The van der Waals surface area contributed by atoms with Gasteiger partial charge in [-0.1, -0.05) is 5.73 Å². The highest BCUT2D eigenvalue weighted by Gasteiger charge is 2.59. The van der Waals surface area contributed by atoms with Crippen molar-refractivity contribution in [3.8, 4) is 0 Å². The van der Waals surface area contributed by atoms with Crippen LogP contribution in [0.4, 0.5) is 17.3 Å². The van der Waals surface area contributed by atoms with Gasteiger partial charge in [-0.3, -0.25) is 4.90 Å². The fourth-order valence-electron chi connectivity index (χ4n) is 3.10. The van der Waals surface area contributed by atoms with Crippen LogP contribution in [0.25, 0.3) is 0 Å². The zero-order chi connectivity index (χ0) is 18.5. The maximum Gasteiger partial charge on any atom is 0.488 e. The van der Waals surface area contributed by atoms with Crippen LogP contribution in [0.2, 0.25) is 0 Å². The van der Waals surface area contributed by atoms with Gasteiger partial charge in [-0.25, -0.2) is 14.9 Å². The predicted octanol–water partition coefficient (Wildman–Crippen LogP) is -1.08. The number of nitrogen functional groups attached to an aromatic ring is 1. The fourth-order valence-corrected chi connectivity index (χ4v) is 4.13. The van der Waals surface area contributed by atoms with Crippen molar-refractivity contribution in [1.82, 2.24) is 9.97 Å². The molecule has 2 fully saturated rings. The Morgan fingerprint density at radius 1 is 1.54 bits per heavy atom. The molecular formula is C13H15BN6O5P+. The third kappa shape index (κ3) is 2.79. The topological polar surface area (TPSA) is 148 Å². The molecule has 0 aliphatic carbocycles. The van der Waals surface area contributed by atoms with Gasteiger partial charge in [0, 0.05) is 5.87 Å². The van der Waals surface area contributed by atoms with E-state index in [1.54, 1.807) is 4.90 Å². The summed E-state index contributed by atoms with van der Waals surface area (Å²) in [5, 5.41) is 13.8. The van der Waals surface area contributed by atoms with Gasteiger partial charge in [-0.2, -0.15) is 14.0 Å². The van der Waals surface area contributed by atoms with E-state index in [0.29, 0.717) is 11.5 Å². The highest BCUT2D eigenvalue weighted by molar-refractivity contribution is 7.85. The molecule has 4 rings (SSSR count). The Morgan fingerprint density at radius 2 is 2.35 bits per heavy atom. The first-order valence-electron chi connectivity index (χ1n) is 7.60. The summed E-state index contributed by atoms with van der Waals surface area (Å²) in [6, 6.07) is 0. The Hall–Kier alpha value is -2.00. The lowest BCUT2D eigenvalue weighted by Crippen LogP contribution is -2.49. The molecule has 0 spiro atoms. The van der Waals surface area contributed by atoms with E-state index in [0.717, 1.165) is 0 Å². The summed E-state index contributed by atoms with van der Waals surface area (Å²) in [5.74, 6) is 3.11. The van der Waals surface area contributed by atoms with Gasteiger partial charge in [0.25, 0.3) is 0 Å². The van der Waals surface area contributed by atoms with E-state index in [4.69, 9.17) is 27.1 Å². The number of hydrogen-bond acceptors (Lipinski definition) is 11. The van der Waals surface area contributed by atoms with Crippen LogP contribution in [0, 0.1) is 0 Å². The van der Waals surface area contributed by atoms with Crippen molar-refractivity contribution >= 4 is 38.6 Å². The van der Waals surface area contributed by atoms with Crippen molar-refractivity contribution < 1.29 is 23.8 Å². The number of aliphatic hydroxyl groups excluding tert-OH is 1. The number of aromatic nitrogens is 2. The number of rotatable bonds is 2. The minimum absolute atomic E-state index is 0.0143. The van der Waals surface area contributed by atoms with Gasteiger partial charge in [0.2, 0.25) is 6.29 Å². The average molecular weight is 377 g/mol. The number of aliphatic hydroxyl groups is 1. The molecule has 3 aliphatic rings. The van der Waals surface area contributed by atoms with Crippen LogP contribution < -0.4 is 16.0 Å². The number of hydrogen-bond donors (Lipinski definition) is 4. The highest BCUT2D eigenvalue weighted by Crippen LogP contribution is 2.58. The summed E-state index contributed by atoms with van der Waals surface area (Å²) in [6.07, 6.45) is -3.02. The number of nitrogens with two attached hydrogens (primary N) is 1. The van der Waals surface area contributed by atoms with E-state index >= 15 is 0 Å². The number of fused-ring (bicyclic) bond motifs is 2. The van der Waals surface area contributed by atoms with Gasteiger partial charge in [0.1, 0.15) is 30.8 Å². The molecule has 2 saturated heterocycles. The molecule has 1 aromatic rings. The smallest absolute Gasteiger partial charge is 0.385 e. The molecule has 4 heterocycles. The van der Waals surface area contributed by atoms with Crippen molar-refractivity contribution in [2.75, 3.05) is 22.6 Å². The number of nitrogens with one attached hydrogen (secondary N) is 1. The third-order valence-corrected chi connectivity index (χ3v) is 5.25. The minimum Gasteiger partial charge on any atom is -0.385 e. The molecule has 5 N–H and O–H groups in total. The first kappa shape index (κ1) is 17.4. The number of ether oxygens (including phenoxy) is 1. The molecule has 0 saturated carbocycles. The maximum absolute atomic E-state index is 10.7. The molecule has 2 radical (unpaired) electrons. The Bertz CT molecular complexity index is 816. The Morgan fingerprint density at radius 3 is 3.12 bits per heavy atom. The summed E-state index contributed by atoms with van der Waals surface area (Å²) in [4.78, 5) is 23.7. The van der Waals surface area contributed by atoms with Gasteiger partial charge in [-0.05, 0) is 6.58 Å². The van der Waals surface area contributed by atoms with Crippen molar-refractivity contribution in [3.63, 3.8) is 0 Å². The normalized spacial score (nSPS) is 37.9. The lowest BCUT2D eigenvalue weighted by atomic mass is 10.1. The van der Waals surface area contributed by atoms with Crippen LogP contribution in [0.15, 0.2) is 23.6 Å². The molecule has 134 valence electrons. The summed E-state index contributed by atoms with van der Waals surface area (Å²) in [5.41, 5.74) is 8.75. The number of aliphatic imine (C=N–C) groups is 1. The molecule has 26 heavy (non-hydrogen) atoms. The van der Waals surface area contributed by atoms with E-state index in [9.17, 15) is 10.00 Å². The lowest BCUT2D eigenvalue weighted by molar-refractivity contribution is -0.0448. The van der Waals surface area contributed by atoms with Crippen LogP contribution in [0.3, 0.4) is 0 Å². The summed E-state index contributed by atoms with van der Waals surface area (Å²) >= 11 is 0. The quantitative estimate of drug-likeness (QED) is 0.217. The monoisotopic (exact) mass is 377 g/mol. The molecule has 3 aliphatic heterocycles. The highest BCUT2D eigenvalue weighted by atomic mass is 31.2. The van der Waals surface area contributed by atoms with Crippen molar-refractivity contribution in [1.29, 1.82) is 0 Å². The van der Waals surface area contributed by atoms with Crippen LogP contribution in [0.5, 0.6) is 0 Å². The first-order valence-corrected chi connectivity index (χ1v) is 9.25. The van der Waals surface area contributed by atoms with Crippen LogP contribution >= 0.6 is 7.82 Å². The predicted molar refractivity (Wildman–Crippen MR) is 93.3 cm³/mol. The second-order valence-corrected chi connectivity index (χ2v) is 7.38. The van der Waals surface area contributed by atoms with E-state index in [1.807, 2.05) is 0 Å².